The Morgan fingerprint density at radius 2 is 2.00 bits per heavy atom. The van der Waals surface area contributed by atoms with E-state index in [1.807, 2.05) is 47.4 Å². The maximum atomic E-state index is 12.8. The number of rotatable bonds is 7. The van der Waals surface area contributed by atoms with Crippen molar-refractivity contribution in [3.05, 3.63) is 81.4 Å². The Hall–Kier alpha value is -2.04. The van der Waals surface area contributed by atoms with Gasteiger partial charge in [0, 0.05) is 16.4 Å². The minimum absolute atomic E-state index is 0.0519. The molecule has 3 rings (SSSR count). The molecule has 0 aliphatic carbocycles. The summed E-state index contributed by atoms with van der Waals surface area (Å²) >= 11 is 7.89. The van der Waals surface area contributed by atoms with Gasteiger partial charge in [-0.3, -0.25) is 4.79 Å². The molecule has 0 aliphatic rings. The van der Waals surface area contributed by atoms with Crippen LogP contribution in [0.3, 0.4) is 0 Å². The third-order valence-corrected chi connectivity index (χ3v) is 5.09. The zero-order valence-electron chi connectivity index (χ0n) is 13.2. The van der Waals surface area contributed by atoms with Gasteiger partial charge in [0.25, 0.3) is 0 Å². The number of benzene rings is 1. The van der Waals surface area contributed by atoms with Crippen molar-refractivity contribution >= 4 is 28.8 Å². The van der Waals surface area contributed by atoms with Crippen LogP contribution in [0.25, 0.3) is 0 Å². The summed E-state index contributed by atoms with van der Waals surface area (Å²) in [6, 6.07) is 15.3. The fourth-order valence-corrected chi connectivity index (χ4v) is 3.40. The van der Waals surface area contributed by atoms with E-state index in [0.29, 0.717) is 24.5 Å². The summed E-state index contributed by atoms with van der Waals surface area (Å²) < 4.78 is 5.41. The number of carbonyl (C=O) groups excluding carboxylic acids is 1. The summed E-state index contributed by atoms with van der Waals surface area (Å²) in [5, 5.41) is 2.68. The lowest BCUT2D eigenvalue weighted by Crippen LogP contribution is -2.33. The van der Waals surface area contributed by atoms with Crippen molar-refractivity contribution in [2.45, 2.75) is 19.4 Å². The highest BCUT2D eigenvalue weighted by Crippen LogP contribution is 2.18. The smallest absolute Gasteiger partial charge is 0.227 e. The Kier molecular flexibility index (Phi) is 5.72. The Labute approximate surface area is 150 Å². The predicted octanol–water partition coefficient (Wildman–Crippen LogP) is 4.81. The summed E-state index contributed by atoms with van der Waals surface area (Å²) in [5.41, 5.74) is 0.852. The first-order chi connectivity index (χ1) is 11.7. The molecule has 0 saturated carbocycles. The van der Waals surface area contributed by atoms with Crippen molar-refractivity contribution in [2.75, 3.05) is 6.54 Å². The predicted molar refractivity (Wildman–Crippen MR) is 97.3 cm³/mol. The number of halogens is 1. The highest BCUT2D eigenvalue weighted by molar-refractivity contribution is 7.09. The van der Waals surface area contributed by atoms with Gasteiger partial charge in [-0.1, -0.05) is 35.9 Å². The summed E-state index contributed by atoms with van der Waals surface area (Å²) in [4.78, 5) is 15.9. The van der Waals surface area contributed by atoms with Crippen molar-refractivity contribution in [3.8, 4) is 0 Å². The van der Waals surface area contributed by atoms with Gasteiger partial charge in [-0.15, -0.1) is 11.3 Å². The Morgan fingerprint density at radius 1 is 1.12 bits per heavy atom. The highest BCUT2D eigenvalue weighted by Gasteiger charge is 2.17. The van der Waals surface area contributed by atoms with Crippen LogP contribution in [0, 0.1) is 0 Å². The third kappa shape index (κ3) is 4.49. The van der Waals surface area contributed by atoms with E-state index in [2.05, 4.69) is 11.4 Å². The van der Waals surface area contributed by atoms with Gasteiger partial charge in [-0.25, -0.2) is 0 Å². The third-order valence-electron chi connectivity index (χ3n) is 3.79. The normalized spacial score (nSPS) is 10.7. The minimum Gasteiger partial charge on any atom is -0.467 e. The molecule has 2 heterocycles. The monoisotopic (exact) mass is 359 g/mol. The van der Waals surface area contributed by atoms with Crippen LogP contribution in [0.4, 0.5) is 0 Å². The molecule has 3 aromatic rings. The molecule has 0 bridgehead atoms. The Bertz CT molecular complexity index is 769. The van der Waals surface area contributed by atoms with Crippen molar-refractivity contribution in [3.63, 3.8) is 0 Å². The molecule has 1 amide bonds. The van der Waals surface area contributed by atoms with E-state index < -0.39 is 0 Å². The van der Waals surface area contributed by atoms with E-state index in [0.717, 1.165) is 17.7 Å². The zero-order valence-corrected chi connectivity index (χ0v) is 14.7. The summed E-state index contributed by atoms with van der Waals surface area (Å²) in [7, 11) is 0. The molecule has 1 aromatic carbocycles. The second-order valence-corrected chi connectivity index (χ2v) is 6.93. The first-order valence-electron chi connectivity index (χ1n) is 7.78. The second-order valence-electron chi connectivity index (χ2n) is 5.49. The van der Waals surface area contributed by atoms with Gasteiger partial charge in [0.15, 0.2) is 0 Å². The van der Waals surface area contributed by atoms with Gasteiger partial charge in [0.2, 0.25) is 5.91 Å². The molecule has 0 spiro atoms. The molecule has 2 aromatic heterocycles. The molecule has 0 radical (unpaired) electrons. The van der Waals surface area contributed by atoms with E-state index in [1.165, 1.54) is 4.88 Å². The minimum atomic E-state index is 0.0519. The molecular weight excluding hydrogens is 342 g/mol. The molecule has 0 atom stereocenters. The van der Waals surface area contributed by atoms with Crippen molar-refractivity contribution in [1.29, 1.82) is 0 Å². The fraction of sp³-hybridized carbons (Fsp3) is 0.211. The van der Waals surface area contributed by atoms with Crippen LogP contribution in [0.2, 0.25) is 5.02 Å². The topological polar surface area (TPSA) is 33.5 Å². The number of thiophene rings is 1. The molecule has 0 saturated heterocycles. The van der Waals surface area contributed by atoms with Crippen LogP contribution in [0.1, 0.15) is 16.2 Å². The molecule has 0 aliphatic heterocycles. The van der Waals surface area contributed by atoms with Gasteiger partial charge in [-0.2, -0.15) is 0 Å². The average Bonchev–Trinajstić information content (AvgIpc) is 3.27. The Balaban J connectivity index is 1.70. The lowest BCUT2D eigenvalue weighted by atomic mass is 10.1. The maximum Gasteiger partial charge on any atom is 0.227 e. The average molecular weight is 360 g/mol. The first-order valence-corrected chi connectivity index (χ1v) is 9.04. The van der Waals surface area contributed by atoms with Crippen LogP contribution >= 0.6 is 22.9 Å². The Morgan fingerprint density at radius 3 is 2.71 bits per heavy atom. The number of furan rings is 1. The number of hydrogen-bond donors (Lipinski definition) is 0. The molecule has 0 N–H and O–H groups in total. The lowest BCUT2D eigenvalue weighted by Gasteiger charge is -2.22. The second kappa shape index (κ2) is 8.18. The van der Waals surface area contributed by atoms with Gasteiger partial charge in [0.1, 0.15) is 5.76 Å². The molecule has 0 fully saturated rings. The summed E-state index contributed by atoms with van der Waals surface area (Å²) in [5.74, 6) is 0.838. The van der Waals surface area contributed by atoms with Crippen LogP contribution < -0.4 is 0 Å². The quantitative estimate of drug-likeness (QED) is 0.606. The van der Waals surface area contributed by atoms with Gasteiger partial charge in [-0.05, 0) is 41.6 Å². The van der Waals surface area contributed by atoms with Crippen LogP contribution in [-0.2, 0) is 24.2 Å². The summed E-state index contributed by atoms with van der Waals surface area (Å²) in [6.07, 6.45) is 2.77. The number of carbonyl (C=O) groups is 1. The van der Waals surface area contributed by atoms with E-state index in [1.54, 1.807) is 17.6 Å². The van der Waals surface area contributed by atoms with Crippen molar-refractivity contribution in [2.24, 2.45) is 0 Å². The fourth-order valence-electron chi connectivity index (χ4n) is 2.50. The van der Waals surface area contributed by atoms with E-state index in [4.69, 9.17) is 16.0 Å². The van der Waals surface area contributed by atoms with Gasteiger partial charge >= 0.3 is 0 Å². The molecule has 124 valence electrons. The maximum absolute atomic E-state index is 12.8. The molecule has 3 nitrogen and oxygen atoms in total. The lowest BCUT2D eigenvalue weighted by molar-refractivity contribution is -0.131. The van der Waals surface area contributed by atoms with Gasteiger partial charge < -0.3 is 9.32 Å². The highest BCUT2D eigenvalue weighted by atomic mass is 35.5. The number of nitrogens with zero attached hydrogens (tertiary/aromatic N) is 1. The molecule has 24 heavy (non-hydrogen) atoms. The molecule has 5 heteroatoms. The molecular formula is C19H18ClNO2S. The van der Waals surface area contributed by atoms with Crippen LogP contribution in [-0.4, -0.2) is 17.4 Å². The van der Waals surface area contributed by atoms with Gasteiger partial charge in [0.05, 0.1) is 19.2 Å². The van der Waals surface area contributed by atoms with E-state index >= 15 is 0 Å². The van der Waals surface area contributed by atoms with E-state index in [9.17, 15) is 4.79 Å². The standard InChI is InChI=1S/C19H18ClNO2S/c20-18-8-2-1-5-15(18)13-19(22)21(14-16-6-3-11-23-16)10-9-17-7-4-12-24-17/h1-8,11-12H,9-10,13-14H2. The largest absolute Gasteiger partial charge is 0.467 e. The number of hydrogen-bond acceptors (Lipinski definition) is 3. The van der Waals surface area contributed by atoms with Crippen LogP contribution in [0.15, 0.2) is 64.6 Å². The number of amides is 1. The molecule has 0 unspecified atom stereocenters. The SMILES string of the molecule is O=C(Cc1ccccc1Cl)N(CCc1cccs1)Cc1ccco1. The van der Waals surface area contributed by atoms with E-state index in [-0.39, 0.29) is 5.91 Å². The van der Waals surface area contributed by atoms with Crippen molar-refractivity contribution in [1.82, 2.24) is 4.90 Å². The van der Waals surface area contributed by atoms with Crippen LogP contribution in [0.5, 0.6) is 0 Å². The zero-order chi connectivity index (χ0) is 16.8. The van der Waals surface area contributed by atoms with Crippen molar-refractivity contribution < 1.29 is 9.21 Å². The first kappa shape index (κ1) is 16.8. The summed E-state index contributed by atoms with van der Waals surface area (Å²) in [6.45, 7) is 1.13.